The highest BCUT2D eigenvalue weighted by molar-refractivity contribution is 7.22. The highest BCUT2D eigenvalue weighted by Gasteiger charge is 2.27. The summed E-state index contributed by atoms with van der Waals surface area (Å²) in [5.74, 6) is 7.92. The lowest BCUT2D eigenvalue weighted by atomic mass is 9.92. The van der Waals surface area contributed by atoms with Crippen LogP contribution in [0, 0.1) is 11.3 Å². The SMILES string of the molecule is CCCCCOc1cc2c3cc(OCCCCC)c(OCCCCC)cc3c3c(cc(OCCCCC)c4sc(-c5ccc(C#N)cc5)nc43)c2cc1OCCCCC.CCCCCOc1cc2c3cc(OCCCCC)c(OCCCCC)cc3c3c(cc(OCCCCC)c4sc(-c5ccccc5)nc43)c2cc1OCCCCC. The van der Waals surface area contributed by atoms with Gasteiger partial charge in [-0.2, -0.15) is 5.26 Å². The molecule has 0 fully saturated rings. The summed E-state index contributed by atoms with van der Waals surface area (Å²) < 4.78 is 68.3. The standard InChI is InChI=1S/C51H64N2O5S.C50H65NO5S/c1-6-11-16-25-54-43-30-38-39-31-45(56-27-18-13-8-3)46(57-28-19-14-9-4)33-41(39)48-42(40(38)32-44(43)55-26-17-12-7-2)34-47(58-29-20-15-10-5)50-49(48)53-51(59-50)37-23-21-36(35-52)22-24-37;1-6-11-19-26-52-42-31-37-38-32-44(54-28-21-13-8-3)45(55-29-22-14-9-4)34-40(38)47-41(39(37)33-43(42)53-27-20-12-7-2)35-46(56-30-23-15-10-5)49-48(47)51-50(57-49)36-24-17-16-18-25-36/h21-24,30-34H,6-20,25-29H2,1-5H3;16-18,24-25,31-35H,6-15,19-23,26-30H2,1-5H3. The molecule has 2 heterocycles. The number of unbranched alkanes of at least 4 members (excludes halogenated alkanes) is 20. The van der Waals surface area contributed by atoms with Gasteiger partial charge in [-0.05, 0) is 191 Å². The van der Waals surface area contributed by atoms with Gasteiger partial charge in [0.15, 0.2) is 46.0 Å². The Bertz CT molecular complexity index is 5010. The molecule has 0 saturated carbocycles. The van der Waals surface area contributed by atoms with E-state index >= 15 is 0 Å². The summed E-state index contributed by atoms with van der Waals surface area (Å²) in [4.78, 5) is 10.9. The zero-order valence-corrected chi connectivity index (χ0v) is 73.1. The van der Waals surface area contributed by atoms with Gasteiger partial charge in [-0.25, -0.2) is 9.97 Å². The van der Waals surface area contributed by atoms with E-state index in [-0.39, 0.29) is 0 Å². The Morgan fingerprint density at radius 2 is 0.457 bits per heavy atom. The number of rotatable bonds is 52. The Kier molecular flexibility index (Phi) is 35.5. The van der Waals surface area contributed by atoms with Crippen molar-refractivity contribution in [3.63, 3.8) is 0 Å². The van der Waals surface area contributed by atoms with Crippen LogP contribution in [0.25, 0.3) is 106 Å². The molecule has 0 spiro atoms. The fourth-order valence-corrected chi connectivity index (χ4v) is 17.1. The molecule has 12 rings (SSSR count). The number of ether oxygens (including phenoxy) is 10. The summed E-state index contributed by atoms with van der Waals surface area (Å²) in [6.07, 6.45) is 32.4. The number of aromatic nitrogens is 2. The number of fused-ring (bicyclic) bond motifs is 16. The highest BCUT2D eigenvalue weighted by atomic mass is 32.1. The van der Waals surface area contributed by atoms with Crippen molar-refractivity contribution < 1.29 is 47.4 Å². The number of hydrogen-bond acceptors (Lipinski definition) is 15. The molecule has 10 aromatic carbocycles. The first kappa shape index (κ1) is 87.9. The van der Waals surface area contributed by atoms with Gasteiger partial charge < -0.3 is 47.4 Å². The average molecular weight is 1610 g/mol. The first-order chi connectivity index (χ1) is 57.1. The summed E-state index contributed by atoms with van der Waals surface area (Å²) in [6, 6.07) is 42.6. The van der Waals surface area contributed by atoms with Crippen LogP contribution in [-0.4, -0.2) is 76.0 Å². The van der Waals surface area contributed by atoms with Crippen molar-refractivity contribution in [2.75, 3.05) is 66.1 Å². The molecular weight excluding hydrogens is 1480 g/mol. The Hall–Kier alpha value is -8.97. The van der Waals surface area contributed by atoms with Crippen LogP contribution in [0.15, 0.2) is 115 Å². The molecule has 0 atom stereocenters. The number of benzene rings is 10. The molecule has 13 nitrogen and oxygen atoms in total. The van der Waals surface area contributed by atoms with Crippen molar-refractivity contribution in [2.45, 2.75) is 262 Å². The summed E-state index contributed by atoms with van der Waals surface area (Å²) in [5, 5.41) is 24.2. The summed E-state index contributed by atoms with van der Waals surface area (Å²) in [6.45, 7) is 28.6. The van der Waals surface area contributed by atoms with Crippen LogP contribution in [0.2, 0.25) is 0 Å². The van der Waals surface area contributed by atoms with Crippen LogP contribution in [0.4, 0.5) is 0 Å². The molecule has 0 radical (unpaired) electrons. The van der Waals surface area contributed by atoms with Crippen molar-refractivity contribution in [2.24, 2.45) is 0 Å². The van der Waals surface area contributed by atoms with E-state index in [2.05, 4.69) is 166 Å². The molecule has 116 heavy (non-hydrogen) atoms. The van der Waals surface area contributed by atoms with Gasteiger partial charge in [-0.1, -0.05) is 240 Å². The van der Waals surface area contributed by atoms with Crippen molar-refractivity contribution in [3.05, 3.63) is 121 Å². The average Bonchev–Trinajstić information content (AvgIpc) is 1.24. The predicted molar refractivity (Wildman–Crippen MR) is 490 cm³/mol. The third-order valence-corrected chi connectivity index (χ3v) is 23.9. The highest BCUT2D eigenvalue weighted by Crippen LogP contribution is 2.53. The van der Waals surface area contributed by atoms with Gasteiger partial charge in [-0.3, -0.25) is 0 Å². The molecule has 0 bridgehead atoms. The largest absolute Gasteiger partial charge is 0.492 e. The fourth-order valence-electron chi connectivity index (χ4n) is 15.0. The molecule has 0 N–H and O–H groups in total. The van der Waals surface area contributed by atoms with Gasteiger partial charge in [0.1, 0.15) is 21.5 Å². The minimum atomic E-state index is 0.620. The van der Waals surface area contributed by atoms with Crippen LogP contribution in [0.5, 0.6) is 57.5 Å². The van der Waals surface area contributed by atoms with Crippen LogP contribution in [0.1, 0.15) is 267 Å². The number of nitriles is 1. The Balaban J connectivity index is 0.000000228. The van der Waals surface area contributed by atoms with E-state index < -0.39 is 0 Å². The molecule has 0 saturated heterocycles. The lowest BCUT2D eigenvalue weighted by Crippen LogP contribution is -2.04. The van der Waals surface area contributed by atoms with Gasteiger partial charge in [0.2, 0.25) is 0 Å². The molecule has 15 heteroatoms. The second-order valence-corrected chi connectivity index (χ2v) is 33.0. The lowest BCUT2D eigenvalue weighted by Gasteiger charge is -2.20. The summed E-state index contributed by atoms with van der Waals surface area (Å²) in [7, 11) is 0. The predicted octanol–water partition coefficient (Wildman–Crippen LogP) is 30.4. The Labute approximate surface area is 699 Å². The maximum absolute atomic E-state index is 9.53. The minimum Gasteiger partial charge on any atom is -0.492 e. The number of thiazole rings is 2. The fraction of sp³-hybridized carbons (Fsp3) is 0.495. The maximum Gasteiger partial charge on any atom is 0.161 e. The Morgan fingerprint density at radius 1 is 0.250 bits per heavy atom. The minimum absolute atomic E-state index is 0.620. The molecule has 0 amide bonds. The zero-order chi connectivity index (χ0) is 81.2. The van der Waals surface area contributed by atoms with Crippen LogP contribution in [0.3, 0.4) is 0 Å². The van der Waals surface area contributed by atoms with E-state index in [9.17, 15) is 5.26 Å². The third kappa shape index (κ3) is 22.9. The normalized spacial score (nSPS) is 11.5. The number of nitrogens with zero attached hydrogens (tertiary/aromatic N) is 3. The van der Waals surface area contributed by atoms with Crippen molar-refractivity contribution in [1.29, 1.82) is 5.26 Å². The van der Waals surface area contributed by atoms with Crippen molar-refractivity contribution in [3.8, 4) is 84.7 Å². The van der Waals surface area contributed by atoms with Gasteiger partial charge in [-0.15, -0.1) is 22.7 Å². The van der Waals surface area contributed by atoms with Crippen LogP contribution < -0.4 is 47.4 Å². The molecule has 0 unspecified atom stereocenters. The molecule has 0 aliphatic heterocycles. The first-order valence-electron chi connectivity index (χ1n) is 44.7. The van der Waals surface area contributed by atoms with E-state index in [1.54, 1.807) is 22.7 Å². The Morgan fingerprint density at radius 3 is 0.690 bits per heavy atom. The van der Waals surface area contributed by atoms with Gasteiger partial charge >= 0.3 is 0 Å². The van der Waals surface area contributed by atoms with Crippen LogP contribution >= 0.6 is 22.7 Å². The summed E-state index contributed by atoms with van der Waals surface area (Å²) in [5.41, 5.74) is 4.54. The molecule has 0 aliphatic rings. The van der Waals surface area contributed by atoms with Crippen molar-refractivity contribution >= 4 is 108 Å². The quantitative estimate of drug-likeness (QED) is 0.0264. The molecular formula is C101H129N3O10S2. The molecule has 620 valence electrons. The smallest absolute Gasteiger partial charge is 0.161 e. The molecule has 0 aliphatic carbocycles. The zero-order valence-electron chi connectivity index (χ0n) is 71.5. The van der Waals surface area contributed by atoms with Gasteiger partial charge in [0.25, 0.3) is 0 Å². The van der Waals surface area contributed by atoms with E-state index in [1.807, 2.05) is 24.3 Å². The molecule has 12 aromatic rings. The number of hydrogen-bond donors (Lipinski definition) is 0. The first-order valence-corrected chi connectivity index (χ1v) is 46.3. The second kappa shape index (κ2) is 46.8. The van der Waals surface area contributed by atoms with E-state index in [4.69, 9.17) is 57.3 Å². The third-order valence-electron chi connectivity index (χ3n) is 21.6. The van der Waals surface area contributed by atoms with Gasteiger partial charge in [0.05, 0.1) is 98.1 Å². The van der Waals surface area contributed by atoms with E-state index in [0.29, 0.717) is 71.6 Å². The van der Waals surface area contributed by atoms with Crippen LogP contribution in [-0.2, 0) is 0 Å². The topological polar surface area (TPSA) is 142 Å². The molecule has 2 aromatic heterocycles. The summed E-state index contributed by atoms with van der Waals surface area (Å²) >= 11 is 3.35. The second-order valence-electron chi connectivity index (χ2n) is 31.0. The van der Waals surface area contributed by atoms with Gasteiger partial charge in [0, 0.05) is 21.9 Å². The maximum atomic E-state index is 9.53. The lowest BCUT2D eigenvalue weighted by molar-refractivity contribution is 0.260. The van der Waals surface area contributed by atoms with Crippen molar-refractivity contribution in [1.82, 2.24) is 9.97 Å². The van der Waals surface area contributed by atoms with E-state index in [1.165, 1.54) is 0 Å². The monoisotopic (exact) mass is 1610 g/mol. The van der Waals surface area contributed by atoms with E-state index in [0.717, 1.165) is 356 Å².